The summed E-state index contributed by atoms with van der Waals surface area (Å²) < 4.78 is 17.2. The number of hydrogen-bond donors (Lipinski definition) is 0. The van der Waals surface area contributed by atoms with Crippen molar-refractivity contribution in [2.24, 2.45) is 5.92 Å². The van der Waals surface area contributed by atoms with Gasteiger partial charge >= 0.3 is 0 Å². The van der Waals surface area contributed by atoms with Crippen LogP contribution in [0, 0.1) is 5.92 Å². The molecule has 1 heterocycles. The lowest BCUT2D eigenvalue weighted by Crippen LogP contribution is -2.05. The van der Waals surface area contributed by atoms with E-state index in [0.717, 1.165) is 47.0 Å². The predicted molar refractivity (Wildman–Crippen MR) is 95.4 cm³/mol. The third-order valence-corrected chi connectivity index (χ3v) is 4.71. The van der Waals surface area contributed by atoms with Crippen LogP contribution in [0.25, 0.3) is 12.2 Å². The summed E-state index contributed by atoms with van der Waals surface area (Å²) in [5.41, 5.74) is 3.45. The molecule has 0 spiro atoms. The largest absolute Gasteiger partial charge is 0.497 e. The summed E-state index contributed by atoms with van der Waals surface area (Å²) in [6.45, 7) is 0. The first kappa shape index (κ1) is 14.9. The highest BCUT2D eigenvalue weighted by Crippen LogP contribution is 2.39. The standard InChI is InChI=1S/C21H20O3/c1-22-17-11-10-16-9-8-15-7-6-14-4-3-5-19(23-2)18(14)13-21(15)24-20(16)12-17/h3-7,10-13,15H,8-9H2,1-2H3. The molecule has 2 aromatic carbocycles. The van der Waals surface area contributed by atoms with Gasteiger partial charge in [0.2, 0.25) is 0 Å². The number of methoxy groups -OCH3 is 2. The van der Waals surface area contributed by atoms with E-state index < -0.39 is 0 Å². The van der Waals surface area contributed by atoms with Crippen molar-refractivity contribution in [1.82, 2.24) is 0 Å². The van der Waals surface area contributed by atoms with Crippen molar-refractivity contribution < 1.29 is 14.2 Å². The van der Waals surface area contributed by atoms with E-state index in [9.17, 15) is 0 Å². The molecule has 0 saturated carbocycles. The summed E-state index contributed by atoms with van der Waals surface area (Å²) in [5.74, 6) is 3.79. The van der Waals surface area contributed by atoms with Crippen molar-refractivity contribution in [3.05, 3.63) is 64.9 Å². The molecule has 1 atom stereocenters. The van der Waals surface area contributed by atoms with E-state index >= 15 is 0 Å². The SMILES string of the molecule is COc1ccc2c(c1)OC1=Cc3c(cccc3OC)C=CC1CC2. The Labute approximate surface area is 142 Å². The Morgan fingerprint density at radius 3 is 2.83 bits per heavy atom. The van der Waals surface area contributed by atoms with Gasteiger partial charge in [-0.1, -0.05) is 30.4 Å². The van der Waals surface area contributed by atoms with Crippen LogP contribution < -0.4 is 14.2 Å². The fraction of sp³-hybridized carbons (Fsp3) is 0.238. The third kappa shape index (κ3) is 2.56. The highest BCUT2D eigenvalue weighted by Gasteiger charge is 2.24. The summed E-state index contributed by atoms with van der Waals surface area (Å²) in [6, 6.07) is 12.2. The van der Waals surface area contributed by atoms with Gasteiger partial charge in [0, 0.05) is 17.5 Å². The van der Waals surface area contributed by atoms with Crippen LogP contribution >= 0.6 is 0 Å². The van der Waals surface area contributed by atoms with Crippen molar-refractivity contribution in [1.29, 1.82) is 0 Å². The molecule has 122 valence electrons. The Balaban J connectivity index is 1.81. The lowest BCUT2D eigenvalue weighted by atomic mass is 9.98. The van der Waals surface area contributed by atoms with Gasteiger partial charge in [-0.3, -0.25) is 0 Å². The minimum atomic E-state index is 0.264. The fourth-order valence-electron chi connectivity index (χ4n) is 3.35. The molecule has 0 saturated heterocycles. The molecule has 0 bridgehead atoms. The molecule has 3 heteroatoms. The van der Waals surface area contributed by atoms with Gasteiger partial charge in [0.15, 0.2) is 0 Å². The quantitative estimate of drug-likeness (QED) is 0.802. The first-order valence-corrected chi connectivity index (χ1v) is 8.20. The molecular weight excluding hydrogens is 300 g/mol. The maximum Gasteiger partial charge on any atom is 0.133 e. The Morgan fingerprint density at radius 1 is 1.08 bits per heavy atom. The maximum atomic E-state index is 6.31. The van der Waals surface area contributed by atoms with Gasteiger partial charge in [-0.15, -0.1) is 0 Å². The van der Waals surface area contributed by atoms with Crippen molar-refractivity contribution in [2.45, 2.75) is 12.8 Å². The van der Waals surface area contributed by atoms with Crippen LogP contribution in [0.4, 0.5) is 0 Å². The Hall–Kier alpha value is -2.68. The zero-order chi connectivity index (χ0) is 16.5. The van der Waals surface area contributed by atoms with Crippen LogP contribution in [0.5, 0.6) is 17.2 Å². The van der Waals surface area contributed by atoms with E-state index in [-0.39, 0.29) is 5.92 Å². The zero-order valence-electron chi connectivity index (χ0n) is 13.9. The van der Waals surface area contributed by atoms with Gasteiger partial charge < -0.3 is 14.2 Å². The number of aryl methyl sites for hydroxylation is 1. The Bertz CT molecular complexity index is 833. The number of ether oxygens (including phenoxy) is 3. The van der Waals surface area contributed by atoms with Crippen LogP contribution in [0.2, 0.25) is 0 Å². The van der Waals surface area contributed by atoms with E-state index in [1.54, 1.807) is 14.2 Å². The first-order valence-electron chi connectivity index (χ1n) is 8.20. The molecule has 2 aliphatic rings. The zero-order valence-corrected chi connectivity index (χ0v) is 13.9. The van der Waals surface area contributed by atoms with Crippen LogP contribution in [0.1, 0.15) is 23.1 Å². The summed E-state index contributed by atoms with van der Waals surface area (Å²) in [5, 5.41) is 0. The van der Waals surface area contributed by atoms with Gasteiger partial charge in [-0.2, -0.15) is 0 Å². The van der Waals surface area contributed by atoms with E-state index in [1.165, 1.54) is 5.56 Å². The molecule has 24 heavy (non-hydrogen) atoms. The maximum absolute atomic E-state index is 6.31. The molecule has 4 rings (SSSR count). The molecule has 0 aromatic heterocycles. The Kier molecular flexibility index (Phi) is 3.77. The summed E-state index contributed by atoms with van der Waals surface area (Å²) in [4.78, 5) is 0. The molecule has 1 unspecified atom stereocenters. The summed E-state index contributed by atoms with van der Waals surface area (Å²) in [6.07, 6.45) is 8.54. The van der Waals surface area contributed by atoms with E-state index in [2.05, 4.69) is 30.4 Å². The van der Waals surface area contributed by atoms with E-state index in [0.29, 0.717) is 0 Å². The number of benzene rings is 2. The monoisotopic (exact) mass is 320 g/mol. The molecule has 0 amide bonds. The van der Waals surface area contributed by atoms with Crippen molar-refractivity contribution in [2.75, 3.05) is 14.2 Å². The number of fused-ring (bicyclic) bond motifs is 3. The topological polar surface area (TPSA) is 27.7 Å². The van der Waals surface area contributed by atoms with Crippen molar-refractivity contribution in [3.8, 4) is 17.2 Å². The summed E-state index contributed by atoms with van der Waals surface area (Å²) >= 11 is 0. The molecule has 1 aliphatic heterocycles. The predicted octanol–water partition coefficient (Wildman–Crippen LogP) is 4.71. The van der Waals surface area contributed by atoms with Gasteiger partial charge in [-0.25, -0.2) is 0 Å². The minimum Gasteiger partial charge on any atom is -0.497 e. The summed E-state index contributed by atoms with van der Waals surface area (Å²) in [7, 11) is 3.38. The fourth-order valence-corrected chi connectivity index (χ4v) is 3.35. The van der Waals surface area contributed by atoms with Gasteiger partial charge in [0.05, 0.1) is 14.2 Å². The third-order valence-electron chi connectivity index (χ3n) is 4.71. The van der Waals surface area contributed by atoms with E-state index in [1.807, 2.05) is 24.3 Å². The van der Waals surface area contributed by atoms with Gasteiger partial charge in [-0.05, 0) is 42.2 Å². The minimum absolute atomic E-state index is 0.264. The average Bonchev–Trinajstić information content (AvgIpc) is 2.89. The smallest absolute Gasteiger partial charge is 0.133 e. The second-order valence-electron chi connectivity index (χ2n) is 6.09. The molecule has 1 aliphatic carbocycles. The highest BCUT2D eigenvalue weighted by atomic mass is 16.5. The second kappa shape index (κ2) is 6.08. The van der Waals surface area contributed by atoms with Crippen molar-refractivity contribution in [3.63, 3.8) is 0 Å². The van der Waals surface area contributed by atoms with Crippen LogP contribution in [-0.4, -0.2) is 14.2 Å². The number of allylic oxidation sites excluding steroid dienone is 1. The lowest BCUT2D eigenvalue weighted by molar-refractivity contribution is 0.376. The molecule has 2 aromatic rings. The van der Waals surface area contributed by atoms with Gasteiger partial charge in [0.25, 0.3) is 0 Å². The molecule has 0 N–H and O–H groups in total. The van der Waals surface area contributed by atoms with Crippen LogP contribution in [0.3, 0.4) is 0 Å². The second-order valence-corrected chi connectivity index (χ2v) is 6.09. The van der Waals surface area contributed by atoms with Crippen LogP contribution in [0.15, 0.2) is 48.2 Å². The van der Waals surface area contributed by atoms with Gasteiger partial charge in [0.1, 0.15) is 23.0 Å². The lowest BCUT2D eigenvalue weighted by Gasteiger charge is -2.14. The number of hydrogen-bond acceptors (Lipinski definition) is 3. The average molecular weight is 320 g/mol. The molecule has 0 fully saturated rings. The van der Waals surface area contributed by atoms with Crippen molar-refractivity contribution >= 4 is 12.2 Å². The van der Waals surface area contributed by atoms with Crippen LogP contribution in [-0.2, 0) is 6.42 Å². The highest BCUT2D eigenvalue weighted by molar-refractivity contribution is 5.73. The molecule has 3 nitrogen and oxygen atoms in total. The molecule has 0 radical (unpaired) electrons. The number of rotatable bonds is 2. The Morgan fingerprint density at radius 2 is 2.00 bits per heavy atom. The normalized spacial score (nSPS) is 18.1. The first-order chi connectivity index (χ1) is 11.8. The van der Waals surface area contributed by atoms with E-state index in [4.69, 9.17) is 14.2 Å². The molecular formula is C21H20O3.